The first-order valence-corrected chi connectivity index (χ1v) is 10.3. The van der Waals surface area contributed by atoms with E-state index in [1.54, 1.807) is 18.2 Å². The zero-order chi connectivity index (χ0) is 21.4. The van der Waals surface area contributed by atoms with Crippen molar-refractivity contribution in [1.82, 2.24) is 0 Å². The van der Waals surface area contributed by atoms with Crippen LogP contribution in [0.3, 0.4) is 0 Å². The molecule has 5 heteroatoms. The predicted octanol–water partition coefficient (Wildman–Crippen LogP) is 5.11. The molecule has 0 amide bonds. The number of carbonyl (C=O) groups excluding carboxylic acids is 1. The highest BCUT2D eigenvalue weighted by atomic mass is 16.5. The molecule has 5 nitrogen and oxygen atoms in total. The highest BCUT2D eigenvalue weighted by Crippen LogP contribution is 2.45. The first-order valence-electron chi connectivity index (χ1n) is 10.3. The molecule has 1 aliphatic carbocycles. The second-order valence-electron chi connectivity index (χ2n) is 7.86. The Kier molecular flexibility index (Phi) is 4.79. The van der Waals surface area contributed by atoms with E-state index in [1.165, 1.54) is 0 Å². The SMILES string of the molecule is O=C(Oc1ccc(-c2ccccc2)cc1)c1cccc2c1N[C@H](C(=O)O)[C@H]1CC=C[C@H]21. The van der Waals surface area contributed by atoms with E-state index in [1.807, 2.05) is 66.7 Å². The maximum Gasteiger partial charge on any atom is 0.345 e. The van der Waals surface area contributed by atoms with Crippen molar-refractivity contribution < 1.29 is 19.4 Å². The van der Waals surface area contributed by atoms with E-state index in [-0.39, 0.29) is 11.8 Å². The van der Waals surface area contributed by atoms with Gasteiger partial charge in [0.1, 0.15) is 11.8 Å². The summed E-state index contributed by atoms with van der Waals surface area (Å²) in [7, 11) is 0. The van der Waals surface area contributed by atoms with Gasteiger partial charge in [0.25, 0.3) is 0 Å². The molecule has 0 aromatic heterocycles. The van der Waals surface area contributed by atoms with Gasteiger partial charge in [0.15, 0.2) is 0 Å². The average molecular weight is 411 g/mol. The minimum Gasteiger partial charge on any atom is -0.480 e. The molecule has 0 spiro atoms. The fraction of sp³-hybridized carbons (Fsp3) is 0.154. The fourth-order valence-corrected chi connectivity index (χ4v) is 4.54. The van der Waals surface area contributed by atoms with Gasteiger partial charge in [-0.25, -0.2) is 9.59 Å². The fourth-order valence-electron chi connectivity index (χ4n) is 4.54. The highest BCUT2D eigenvalue weighted by molar-refractivity contribution is 5.99. The third kappa shape index (κ3) is 3.48. The van der Waals surface area contributed by atoms with Crippen LogP contribution >= 0.6 is 0 Å². The Labute approximate surface area is 180 Å². The number of benzene rings is 3. The number of para-hydroxylation sites is 1. The first kappa shape index (κ1) is 19.1. The van der Waals surface area contributed by atoms with Gasteiger partial charge in [-0.05, 0) is 41.3 Å². The minimum absolute atomic E-state index is 0.0183. The number of carbonyl (C=O) groups is 2. The molecule has 2 N–H and O–H groups in total. The second kappa shape index (κ2) is 7.76. The number of aliphatic carboxylic acids is 1. The van der Waals surface area contributed by atoms with Crippen LogP contribution in [0.5, 0.6) is 5.75 Å². The van der Waals surface area contributed by atoms with E-state index >= 15 is 0 Å². The topological polar surface area (TPSA) is 75.6 Å². The lowest BCUT2D eigenvalue weighted by Gasteiger charge is -2.35. The Bertz CT molecular complexity index is 1170. The van der Waals surface area contributed by atoms with Crippen LogP contribution < -0.4 is 10.1 Å². The van der Waals surface area contributed by atoms with E-state index in [4.69, 9.17) is 4.74 Å². The van der Waals surface area contributed by atoms with Gasteiger partial charge in [0.05, 0.1) is 11.3 Å². The maximum absolute atomic E-state index is 13.0. The van der Waals surface area contributed by atoms with E-state index < -0.39 is 18.0 Å². The molecule has 3 aromatic carbocycles. The summed E-state index contributed by atoms with van der Waals surface area (Å²) in [5, 5.41) is 12.8. The van der Waals surface area contributed by atoms with Gasteiger partial charge < -0.3 is 15.2 Å². The first-order chi connectivity index (χ1) is 15.1. The number of carboxylic acid groups (broad SMARTS) is 1. The van der Waals surface area contributed by atoms with Crippen molar-refractivity contribution in [2.45, 2.75) is 18.4 Å². The van der Waals surface area contributed by atoms with E-state index in [0.717, 1.165) is 16.7 Å². The molecule has 0 unspecified atom stereocenters. The van der Waals surface area contributed by atoms with Crippen molar-refractivity contribution in [2.75, 3.05) is 5.32 Å². The van der Waals surface area contributed by atoms with Crippen LogP contribution in [0.4, 0.5) is 5.69 Å². The van der Waals surface area contributed by atoms with Crippen LogP contribution in [0.25, 0.3) is 11.1 Å². The molecule has 0 bridgehead atoms. The van der Waals surface area contributed by atoms with Crippen LogP contribution in [0.1, 0.15) is 28.3 Å². The van der Waals surface area contributed by atoms with Gasteiger partial charge in [0, 0.05) is 11.8 Å². The van der Waals surface area contributed by atoms with Gasteiger partial charge >= 0.3 is 11.9 Å². The van der Waals surface area contributed by atoms with Crippen LogP contribution in [0, 0.1) is 5.92 Å². The lowest BCUT2D eigenvalue weighted by Crippen LogP contribution is -2.42. The zero-order valence-electron chi connectivity index (χ0n) is 16.7. The normalized spacial score (nSPS) is 21.0. The van der Waals surface area contributed by atoms with Crippen molar-refractivity contribution in [3.8, 4) is 16.9 Å². The summed E-state index contributed by atoms with van der Waals surface area (Å²) >= 11 is 0. The van der Waals surface area contributed by atoms with Crippen molar-refractivity contribution in [2.24, 2.45) is 5.92 Å². The number of anilines is 1. The molecule has 0 saturated heterocycles. The quantitative estimate of drug-likeness (QED) is 0.354. The van der Waals surface area contributed by atoms with E-state index in [0.29, 0.717) is 23.4 Å². The molecule has 2 aliphatic rings. The number of fused-ring (bicyclic) bond motifs is 3. The van der Waals surface area contributed by atoms with Crippen molar-refractivity contribution in [1.29, 1.82) is 0 Å². The molecule has 0 saturated carbocycles. The molecule has 31 heavy (non-hydrogen) atoms. The lowest BCUT2D eigenvalue weighted by molar-refractivity contribution is -0.139. The molecule has 1 heterocycles. The molecule has 154 valence electrons. The smallest absolute Gasteiger partial charge is 0.345 e. The summed E-state index contributed by atoms with van der Waals surface area (Å²) in [5.74, 6) is -1.06. The summed E-state index contributed by atoms with van der Waals surface area (Å²) in [5.41, 5.74) is 3.94. The van der Waals surface area contributed by atoms with Gasteiger partial charge in [-0.15, -0.1) is 0 Å². The lowest BCUT2D eigenvalue weighted by atomic mass is 9.78. The number of hydrogen-bond donors (Lipinski definition) is 2. The van der Waals surface area contributed by atoms with E-state index in [9.17, 15) is 14.7 Å². The number of ether oxygens (including phenoxy) is 1. The van der Waals surface area contributed by atoms with Crippen molar-refractivity contribution >= 4 is 17.6 Å². The summed E-state index contributed by atoms with van der Waals surface area (Å²) < 4.78 is 5.62. The van der Waals surface area contributed by atoms with Crippen molar-refractivity contribution in [3.05, 3.63) is 96.1 Å². The highest BCUT2D eigenvalue weighted by Gasteiger charge is 2.42. The van der Waals surface area contributed by atoms with Crippen LogP contribution in [0.15, 0.2) is 84.9 Å². The molecule has 0 radical (unpaired) electrons. The molecule has 5 rings (SSSR count). The average Bonchev–Trinajstić information content (AvgIpc) is 3.29. The Hall–Kier alpha value is -3.86. The largest absolute Gasteiger partial charge is 0.480 e. The van der Waals surface area contributed by atoms with Crippen LogP contribution in [-0.4, -0.2) is 23.1 Å². The Balaban J connectivity index is 1.41. The monoisotopic (exact) mass is 411 g/mol. The molecule has 3 aromatic rings. The Morgan fingerprint density at radius 3 is 2.39 bits per heavy atom. The number of carboxylic acids is 1. The van der Waals surface area contributed by atoms with Gasteiger partial charge in [-0.2, -0.15) is 0 Å². The number of hydrogen-bond acceptors (Lipinski definition) is 4. The molecular weight excluding hydrogens is 390 g/mol. The summed E-state index contributed by atoms with van der Waals surface area (Å²) in [6.45, 7) is 0. The number of rotatable bonds is 4. The summed E-state index contributed by atoms with van der Waals surface area (Å²) in [4.78, 5) is 24.8. The third-order valence-corrected chi connectivity index (χ3v) is 6.05. The molecular formula is C26H21NO4. The third-order valence-electron chi connectivity index (χ3n) is 6.05. The number of esters is 1. The van der Waals surface area contributed by atoms with Crippen LogP contribution in [0.2, 0.25) is 0 Å². The zero-order valence-corrected chi connectivity index (χ0v) is 16.7. The second-order valence-corrected chi connectivity index (χ2v) is 7.86. The summed E-state index contributed by atoms with van der Waals surface area (Å²) in [6.07, 6.45) is 4.76. The molecule has 0 fully saturated rings. The minimum atomic E-state index is -0.913. The molecule has 3 atom stereocenters. The summed E-state index contributed by atoms with van der Waals surface area (Å²) in [6, 6.07) is 22.0. The Morgan fingerprint density at radius 1 is 0.903 bits per heavy atom. The standard InChI is InChI=1S/C26H21NO4/c28-25(29)24-21-10-4-8-19(21)20-9-5-11-22(23(20)27-24)26(30)31-18-14-12-17(13-15-18)16-6-2-1-3-7-16/h1-9,11-15,19,21,24,27H,10H2,(H,28,29)/t19-,21+,24+/m1/s1. The Morgan fingerprint density at radius 2 is 1.65 bits per heavy atom. The van der Waals surface area contributed by atoms with Gasteiger partial charge in [-0.1, -0.05) is 66.7 Å². The van der Waals surface area contributed by atoms with Gasteiger partial charge in [0.2, 0.25) is 0 Å². The van der Waals surface area contributed by atoms with Crippen molar-refractivity contribution in [3.63, 3.8) is 0 Å². The number of nitrogens with one attached hydrogen (secondary N) is 1. The maximum atomic E-state index is 13.0. The predicted molar refractivity (Wildman–Crippen MR) is 118 cm³/mol. The van der Waals surface area contributed by atoms with Gasteiger partial charge in [-0.3, -0.25) is 0 Å². The van der Waals surface area contributed by atoms with E-state index in [2.05, 4.69) is 5.32 Å². The number of allylic oxidation sites excluding steroid dienone is 2. The molecule has 1 aliphatic heterocycles. The van der Waals surface area contributed by atoms with Crippen LogP contribution in [-0.2, 0) is 4.79 Å².